The number of benzene rings is 2. The van der Waals surface area contributed by atoms with Crippen LogP contribution in [0.1, 0.15) is 0 Å². The Morgan fingerprint density at radius 3 is 2.48 bits per heavy atom. The number of aliphatic imine (C=N–C) groups is 1. The number of piperazine rings is 1. The number of anilines is 2. The van der Waals surface area contributed by atoms with E-state index in [1.54, 1.807) is 31.3 Å². The molecule has 2 aromatic carbocycles. The number of phenolic OH excluding ortho intramolecular Hbond substituents is 1. The Balaban J connectivity index is 1.47. The lowest BCUT2D eigenvalue weighted by Crippen LogP contribution is -2.53. The van der Waals surface area contributed by atoms with E-state index >= 15 is 0 Å². The first kappa shape index (κ1) is 20.2. The number of nitrogens with zero attached hydrogens (tertiary/aromatic N) is 4. The van der Waals surface area contributed by atoms with Gasteiger partial charge in [0.15, 0.2) is 5.96 Å². The number of phenols is 1. The summed E-state index contributed by atoms with van der Waals surface area (Å²) in [6.07, 6.45) is 0. The summed E-state index contributed by atoms with van der Waals surface area (Å²) in [5.41, 5.74) is 1.42. The van der Waals surface area contributed by atoms with Gasteiger partial charge in [-0.3, -0.25) is 15.1 Å². The third-order valence-electron chi connectivity index (χ3n) is 4.84. The van der Waals surface area contributed by atoms with Gasteiger partial charge in [-0.25, -0.2) is 0 Å². The number of hydrogen-bond donors (Lipinski definition) is 3. The van der Waals surface area contributed by atoms with Crippen LogP contribution in [0.25, 0.3) is 0 Å². The fourth-order valence-electron chi connectivity index (χ4n) is 3.38. The summed E-state index contributed by atoms with van der Waals surface area (Å²) in [7, 11) is 1.74. The monoisotopic (exact) mass is 398 g/mol. The summed E-state index contributed by atoms with van der Waals surface area (Å²) in [6, 6.07) is 14.0. The lowest BCUT2D eigenvalue weighted by Gasteiger charge is -2.37. The largest absolute Gasteiger partial charge is 0.506 e. The molecule has 0 spiro atoms. The summed E-state index contributed by atoms with van der Waals surface area (Å²) >= 11 is 0. The number of para-hydroxylation sites is 4. The van der Waals surface area contributed by atoms with E-state index in [2.05, 4.69) is 25.4 Å². The average molecular weight is 398 g/mol. The zero-order valence-corrected chi connectivity index (χ0v) is 16.4. The number of guanidine groups is 1. The van der Waals surface area contributed by atoms with E-state index in [4.69, 9.17) is 0 Å². The molecule has 1 aliphatic heterocycles. The fourth-order valence-corrected chi connectivity index (χ4v) is 3.38. The molecule has 1 saturated heterocycles. The van der Waals surface area contributed by atoms with Gasteiger partial charge in [0.05, 0.1) is 10.6 Å². The van der Waals surface area contributed by atoms with Crippen molar-refractivity contribution in [3.8, 4) is 5.75 Å². The minimum Gasteiger partial charge on any atom is -0.506 e. The highest BCUT2D eigenvalue weighted by molar-refractivity contribution is 5.80. The number of aromatic hydroxyl groups is 1. The molecular weight excluding hydrogens is 372 g/mol. The van der Waals surface area contributed by atoms with Gasteiger partial charge in [0.1, 0.15) is 11.4 Å². The molecule has 3 rings (SSSR count). The Morgan fingerprint density at radius 2 is 1.79 bits per heavy atom. The maximum Gasteiger partial charge on any atom is 0.292 e. The van der Waals surface area contributed by atoms with Crippen LogP contribution in [0.2, 0.25) is 0 Å². The van der Waals surface area contributed by atoms with Crippen LogP contribution in [0.3, 0.4) is 0 Å². The van der Waals surface area contributed by atoms with Crippen LogP contribution in [0.15, 0.2) is 53.5 Å². The van der Waals surface area contributed by atoms with Crippen LogP contribution < -0.4 is 15.5 Å². The average Bonchev–Trinajstić information content (AvgIpc) is 2.75. The number of nitro groups is 1. The Morgan fingerprint density at radius 1 is 1.10 bits per heavy atom. The summed E-state index contributed by atoms with van der Waals surface area (Å²) in [6.45, 7) is 4.25. The summed E-state index contributed by atoms with van der Waals surface area (Å²) in [4.78, 5) is 19.4. The molecule has 0 bridgehead atoms. The van der Waals surface area contributed by atoms with Crippen molar-refractivity contribution in [2.75, 3.05) is 56.5 Å². The summed E-state index contributed by atoms with van der Waals surface area (Å²) < 4.78 is 0. The number of rotatable bonds is 6. The van der Waals surface area contributed by atoms with Crippen molar-refractivity contribution in [1.82, 2.24) is 10.2 Å². The van der Waals surface area contributed by atoms with Crippen molar-refractivity contribution in [1.29, 1.82) is 0 Å². The van der Waals surface area contributed by atoms with Crippen LogP contribution in [0.5, 0.6) is 5.75 Å². The molecule has 1 fully saturated rings. The predicted molar refractivity (Wildman–Crippen MR) is 115 cm³/mol. The van der Waals surface area contributed by atoms with Crippen molar-refractivity contribution < 1.29 is 10.0 Å². The second kappa shape index (κ2) is 9.63. The van der Waals surface area contributed by atoms with Crippen LogP contribution in [0, 0.1) is 10.1 Å². The van der Waals surface area contributed by atoms with E-state index < -0.39 is 4.92 Å². The molecule has 154 valence electrons. The van der Waals surface area contributed by atoms with Gasteiger partial charge in [-0.2, -0.15) is 0 Å². The molecule has 0 aliphatic carbocycles. The SMILES string of the molecule is CN=C(NCCNc1ccccc1[N+](=O)[O-])N1CCN(c2ccccc2O)CC1. The molecule has 0 radical (unpaired) electrons. The van der Waals surface area contributed by atoms with Crippen molar-refractivity contribution in [3.05, 3.63) is 58.6 Å². The van der Waals surface area contributed by atoms with Crippen LogP contribution in [0.4, 0.5) is 17.1 Å². The minimum atomic E-state index is -0.390. The Kier molecular flexibility index (Phi) is 6.72. The molecule has 0 unspecified atom stereocenters. The van der Waals surface area contributed by atoms with Crippen molar-refractivity contribution in [2.45, 2.75) is 0 Å². The highest BCUT2D eigenvalue weighted by atomic mass is 16.6. The number of nitro benzene ring substituents is 1. The maximum absolute atomic E-state index is 11.1. The fraction of sp³-hybridized carbons (Fsp3) is 0.350. The molecule has 0 aromatic heterocycles. The first-order valence-corrected chi connectivity index (χ1v) is 9.56. The standard InChI is InChI=1S/C20H26N6O3/c1-21-20(23-11-10-22-16-6-2-3-7-17(16)26(28)29)25-14-12-24(13-15-25)18-8-4-5-9-19(18)27/h2-9,22,27H,10-15H2,1H3,(H,21,23). The molecule has 0 atom stereocenters. The van der Waals surface area contributed by atoms with Gasteiger partial charge < -0.3 is 25.5 Å². The summed E-state index contributed by atoms with van der Waals surface area (Å²) in [5, 5.41) is 27.5. The smallest absolute Gasteiger partial charge is 0.292 e. The highest BCUT2D eigenvalue weighted by Crippen LogP contribution is 2.27. The first-order valence-electron chi connectivity index (χ1n) is 9.56. The molecule has 0 saturated carbocycles. The lowest BCUT2D eigenvalue weighted by atomic mass is 10.2. The van der Waals surface area contributed by atoms with E-state index in [1.165, 1.54) is 6.07 Å². The predicted octanol–water partition coefficient (Wildman–Crippen LogP) is 2.11. The molecule has 2 aromatic rings. The third kappa shape index (κ3) is 5.07. The molecule has 3 N–H and O–H groups in total. The van der Waals surface area contributed by atoms with Gasteiger partial charge in [-0.1, -0.05) is 24.3 Å². The van der Waals surface area contributed by atoms with E-state index in [9.17, 15) is 15.2 Å². The minimum absolute atomic E-state index is 0.0668. The number of hydrogen-bond acceptors (Lipinski definition) is 6. The van der Waals surface area contributed by atoms with E-state index in [0.717, 1.165) is 37.8 Å². The van der Waals surface area contributed by atoms with Gasteiger partial charge in [0, 0.05) is 52.4 Å². The topological polar surface area (TPSA) is 106 Å². The number of nitrogens with one attached hydrogen (secondary N) is 2. The highest BCUT2D eigenvalue weighted by Gasteiger charge is 2.21. The second-order valence-electron chi connectivity index (χ2n) is 6.64. The third-order valence-corrected chi connectivity index (χ3v) is 4.84. The van der Waals surface area contributed by atoms with E-state index in [-0.39, 0.29) is 5.69 Å². The lowest BCUT2D eigenvalue weighted by molar-refractivity contribution is -0.384. The van der Waals surface area contributed by atoms with Gasteiger partial charge in [0.25, 0.3) is 5.69 Å². The molecule has 9 heteroatoms. The van der Waals surface area contributed by atoms with E-state index in [1.807, 2.05) is 18.2 Å². The molecule has 1 aliphatic rings. The molecule has 29 heavy (non-hydrogen) atoms. The Bertz CT molecular complexity index is 865. The van der Waals surface area contributed by atoms with Crippen molar-refractivity contribution >= 4 is 23.0 Å². The zero-order chi connectivity index (χ0) is 20.6. The zero-order valence-electron chi connectivity index (χ0n) is 16.4. The van der Waals surface area contributed by atoms with E-state index in [0.29, 0.717) is 24.5 Å². The quantitative estimate of drug-likeness (QED) is 0.225. The normalized spacial score (nSPS) is 14.6. The Labute approximate surface area is 169 Å². The van der Waals surface area contributed by atoms with Crippen molar-refractivity contribution in [3.63, 3.8) is 0 Å². The molecule has 1 heterocycles. The van der Waals surface area contributed by atoms with Gasteiger partial charge in [-0.05, 0) is 18.2 Å². The van der Waals surface area contributed by atoms with Crippen LogP contribution >= 0.6 is 0 Å². The second-order valence-corrected chi connectivity index (χ2v) is 6.64. The summed E-state index contributed by atoms with van der Waals surface area (Å²) in [5.74, 6) is 1.09. The van der Waals surface area contributed by atoms with Gasteiger partial charge in [0.2, 0.25) is 0 Å². The molecule has 9 nitrogen and oxygen atoms in total. The van der Waals surface area contributed by atoms with Gasteiger partial charge >= 0.3 is 0 Å². The van der Waals surface area contributed by atoms with Crippen LogP contribution in [-0.4, -0.2) is 67.2 Å². The Hall–Kier alpha value is -3.49. The maximum atomic E-state index is 11.1. The van der Waals surface area contributed by atoms with Gasteiger partial charge in [-0.15, -0.1) is 0 Å². The first-order chi connectivity index (χ1) is 14.1. The molecular formula is C20H26N6O3. The van der Waals surface area contributed by atoms with Crippen molar-refractivity contribution in [2.24, 2.45) is 4.99 Å². The van der Waals surface area contributed by atoms with Crippen LogP contribution in [-0.2, 0) is 0 Å². The molecule has 0 amide bonds.